The number of ether oxygens (including phenoxy) is 1. The fourth-order valence-corrected chi connectivity index (χ4v) is 5.24. The van der Waals surface area contributed by atoms with Crippen molar-refractivity contribution in [3.63, 3.8) is 0 Å². The number of benzene rings is 2. The average molecular weight is 417 g/mol. The summed E-state index contributed by atoms with van der Waals surface area (Å²) in [6, 6.07) is 15.1. The zero-order valence-corrected chi connectivity index (χ0v) is 17.7. The summed E-state index contributed by atoms with van der Waals surface area (Å²) >= 11 is 0. The lowest BCUT2D eigenvalue weighted by Gasteiger charge is -2.30. The molecule has 2 aromatic carbocycles. The van der Waals surface area contributed by atoms with Crippen molar-refractivity contribution in [3.8, 4) is 5.75 Å². The van der Waals surface area contributed by atoms with Gasteiger partial charge in [-0.1, -0.05) is 36.4 Å². The van der Waals surface area contributed by atoms with E-state index in [4.69, 9.17) is 4.74 Å². The van der Waals surface area contributed by atoms with E-state index in [2.05, 4.69) is 5.32 Å². The molecule has 2 aromatic rings. The molecule has 1 fully saturated rings. The van der Waals surface area contributed by atoms with E-state index in [1.54, 1.807) is 7.11 Å². The van der Waals surface area contributed by atoms with Crippen molar-refractivity contribution >= 4 is 15.9 Å². The summed E-state index contributed by atoms with van der Waals surface area (Å²) in [6.07, 6.45) is 1.08. The van der Waals surface area contributed by atoms with Crippen LogP contribution in [0, 0.1) is 12.8 Å². The smallest absolute Gasteiger partial charge is 0.223 e. The van der Waals surface area contributed by atoms with Gasteiger partial charge in [-0.2, -0.15) is 0 Å². The van der Waals surface area contributed by atoms with Crippen molar-refractivity contribution in [2.24, 2.45) is 5.92 Å². The Kier molecular flexibility index (Phi) is 6.92. The molecule has 1 aliphatic heterocycles. The van der Waals surface area contributed by atoms with E-state index >= 15 is 0 Å². The number of aryl methyl sites for hydroxylation is 1. The van der Waals surface area contributed by atoms with E-state index in [9.17, 15) is 13.2 Å². The first-order valence-corrected chi connectivity index (χ1v) is 11.4. The third-order valence-electron chi connectivity index (χ3n) is 5.42. The molecule has 0 unspecified atom stereocenters. The van der Waals surface area contributed by atoms with Crippen LogP contribution in [0.3, 0.4) is 0 Å². The van der Waals surface area contributed by atoms with Gasteiger partial charge in [0.2, 0.25) is 15.9 Å². The number of nitrogens with zero attached hydrogens (tertiary/aromatic N) is 1. The molecule has 0 radical (unpaired) electrons. The molecule has 0 aliphatic carbocycles. The summed E-state index contributed by atoms with van der Waals surface area (Å²) in [5.41, 5.74) is 2.77. The highest BCUT2D eigenvalue weighted by Crippen LogP contribution is 2.23. The summed E-state index contributed by atoms with van der Waals surface area (Å²) in [4.78, 5) is 12.5. The van der Waals surface area contributed by atoms with Crippen LogP contribution in [0.1, 0.15) is 29.5 Å². The van der Waals surface area contributed by atoms with Gasteiger partial charge in [0.05, 0.1) is 12.9 Å². The van der Waals surface area contributed by atoms with Crippen LogP contribution in [0.15, 0.2) is 48.5 Å². The van der Waals surface area contributed by atoms with Gasteiger partial charge < -0.3 is 10.1 Å². The molecule has 1 aliphatic rings. The molecule has 0 spiro atoms. The minimum Gasteiger partial charge on any atom is -0.497 e. The SMILES string of the molecule is COc1cccc(CNC(=O)C2CCN(S(=O)(=O)Cc3ccccc3C)CC2)c1. The highest BCUT2D eigenvalue weighted by atomic mass is 32.2. The lowest BCUT2D eigenvalue weighted by molar-refractivity contribution is -0.126. The first kappa shape index (κ1) is 21.3. The quantitative estimate of drug-likeness (QED) is 0.753. The zero-order valence-electron chi connectivity index (χ0n) is 16.9. The first-order valence-electron chi connectivity index (χ1n) is 9.82. The maximum atomic E-state index is 12.8. The lowest BCUT2D eigenvalue weighted by atomic mass is 9.97. The molecular formula is C22H28N2O4S. The molecule has 156 valence electrons. The molecule has 29 heavy (non-hydrogen) atoms. The normalized spacial score (nSPS) is 15.8. The number of methoxy groups -OCH3 is 1. The van der Waals surface area contributed by atoms with E-state index in [1.165, 1.54) is 4.31 Å². The van der Waals surface area contributed by atoms with Crippen LogP contribution >= 0.6 is 0 Å². The van der Waals surface area contributed by atoms with Crippen LogP contribution in [-0.2, 0) is 27.1 Å². The number of piperidine rings is 1. The largest absolute Gasteiger partial charge is 0.497 e. The zero-order chi connectivity index (χ0) is 20.9. The number of carbonyl (C=O) groups excluding carboxylic acids is 1. The molecule has 1 amide bonds. The van der Waals surface area contributed by atoms with Crippen LogP contribution in [0.5, 0.6) is 5.75 Å². The predicted octanol–water partition coefficient (Wildman–Crippen LogP) is 2.86. The fraction of sp³-hybridized carbons (Fsp3) is 0.409. The second-order valence-corrected chi connectivity index (χ2v) is 9.39. The Morgan fingerprint density at radius 1 is 1.14 bits per heavy atom. The number of hydrogen-bond acceptors (Lipinski definition) is 4. The number of sulfonamides is 1. The van der Waals surface area contributed by atoms with Crippen molar-refractivity contribution in [1.82, 2.24) is 9.62 Å². The van der Waals surface area contributed by atoms with E-state index < -0.39 is 10.0 Å². The Morgan fingerprint density at radius 3 is 2.55 bits per heavy atom. The van der Waals surface area contributed by atoms with Gasteiger partial charge in [0.15, 0.2) is 0 Å². The topological polar surface area (TPSA) is 75.7 Å². The Labute approximate surface area is 172 Å². The molecule has 1 N–H and O–H groups in total. The summed E-state index contributed by atoms with van der Waals surface area (Å²) < 4.78 is 32.3. The first-order chi connectivity index (χ1) is 13.9. The number of nitrogens with one attached hydrogen (secondary N) is 1. The molecule has 0 aromatic heterocycles. The van der Waals surface area contributed by atoms with Gasteiger partial charge in [0, 0.05) is 25.6 Å². The monoisotopic (exact) mass is 416 g/mol. The Bertz CT molecular complexity index is 951. The van der Waals surface area contributed by atoms with Crippen LogP contribution < -0.4 is 10.1 Å². The van der Waals surface area contributed by atoms with Crippen LogP contribution in [0.25, 0.3) is 0 Å². The van der Waals surface area contributed by atoms with E-state index in [-0.39, 0.29) is 17.6 Å². The second kappa shape index (κ2) is 9.41. The third-order valence-corrected chi connectivity index (χ3v) is 7.25. The van der Waals surface area contributed by atoms with Gasteiger partial charge in [-0.3, -0.25) is 4.79 Å². The lowest BCUT2D eigenvalue weighted by Crippen LogP contribution is -2.43. The molecule has 1 saturated heterocycles. The number of hydrogen-bond donors (Lipinski definition) is 1. The van der Waals surface area contributed by atoms with E-state index in [1.807, 2.05) is 55.5 Å². The van der Waals surface area contributed by atoms with Gasteiger partial charge in [-0.15, -0.1) is 0 Å². The fourth-order valence-electron chi connectivity index (χ4n) is 3.57. The Hall–Kier alpha value is -2.38. The summed E-state index contributed by atoms with van der Waals surface area (Å²) in [5, 5.41) is 2.96. The van der Waals surface area contributed by atoms with Crippen LogP contribution in [-0.4, -0.2) is 38.8 Å². The van der Waals surface area contributed by atoms with Gasteiger partial charge >= 0.3 is 0 Å². The van der Waals surface area contributed by atoms with Crippen LogP contribution in [0.4, 0.5) is 0 Å². The van der Waals surface area contributed by atoms with Crippen molar-refractivity contribution < 1.29 is 17.9 Å². The highest BCUT2D eigenvalue weighted by Gasteiger charge is 2.31. The molecular weight excluding hydrogens is 388 g/mol. The maximum absolute atomic E-state index is 12.8. The van der Waals surface area contributed by atoms with E-state index in [0.717, 1.165) is 22.4 Å². The number of carbonyl (C=O) groups is 1. The average Bonchev–Trinajstić information content (AvgIpc) is 2.74. The number of rotatable bonds is 7. The van der Waals surface area contributed by atoms with Crippen molar-refractivity contribution in [2.45, 2.75) is 32.1 Å². The van der Waals surface area contributed by atoms with Gasteiger partial charge in [0.1, 0.15) is 5.75 Å². The minimum absolute atomic E-state index is 0.00633. The maximum Gasteiger partial charge on any atom is 0.223 e. The van der Waals surface area contributed by atoms with Crippen molar-refractivity contribution in [3.05, 3.63) is 65.2 Å². The molecule has 0 atom stereocenters. The second-order valence-electron chi connectivity index (χ2n) is 7.43. The van der Waals surface area contributed by atoms with E-state index in [0.29, 0.717) is 32.5 Å². The minimum atomic E-state index is -3.38. The molecule has 3 rings (SSSR count). The number of amides is 1. The predicted molar refractivity (Wildman–Crippen MR) is 113 cm³/mol. The molecule has 7 heteroatoms. The van der Waals surface area contributed by atoms with Crippen LogP contribution in [0.2, 0.25) is 0 Å². The van der Waals surface area contributed by atoms with Crippen molar-refractivity contribution in [2.75, 3.05) is 20.2 Å². The van der Waals surface area contributed by atoms with Gasteiger partial charge in [0.25, 0.3) is 0 Å². The summed E-state index contributed by atoms with van der Waals surface area (Å²) in [7, 11) is -1.77. The highest BCUT2D eigenvalue weighted by molar-refractivity contribution is 7.88. The Morgan fingerprint density at radius 2 is 1.86 bits per heavy atom. The van der Waals surface area contributed by atoms with Gasteiger partial charge in [-0.25, -0.2) is 12.7 Å². The molecule has 6 nitrogen and oxygen atoms in total. The molecule has 1 heterocycles. The summed E-state index contributed by atoms with van der Waals surface area (Å²) in [6.45, 7) is 3.11. The molecule has 0 saturated carbocycles. The van der Waals surface area contributed by atoms with Gasteiger partial charge in [-0.05, 0) is 48.6 Å². The van der Waals surface area contributed by atoms with Crippen molar-refractivity contribution in [1.29, 1.82) is 0 Å². The third kappa shape index (κ3) is 5.58. The Balaban J connectivity index is 1.51. The molecule has 0 bridgehead atoms. The standard InChI is InChI=1S/C22H28N2O4S/c1-17-6-3-4-8-20(17)16-29(26,27)24-12-10-19(11-13-24)22(25)23-15-18-7-5-9-21(14-18)28-2/h3-9,14,19H,10-13,15-16H2,1-2H3,(H,23,25). The summed E-state index contributed by atoms with van der Waals surface area (Å²) in [5.74, 6) is 0.574.